The van der Waals surface area contributed by atoms with Crippen molar-refractivity contribution in [3.63, 3.8) is 0 Å². The summed E-state index contributed by atoms with van der Waals surface area (Å²) < 4.78 is 60.2. The largest absolute Gasteiger partial charge is 0.465 e. The number of esters is 8. The van der Waals surface area contributed by atoms with Crippen molar-refractivity contribution in [1.29, 1.82) is 0 Å². The zero-order valence-corrected chi connectivity index (χ0v) is 34.7. The van der Waals surface area contributed by atoms with Crippen LogP contribution >= 0.6 is 0 Å². The van der Waals surface area contributed by atoms with Crippen LogP contribution in [-0.2, 0) is 77.8 Å². The number of aromatic nitrogens is 1. The molecule has 0 amide bonds. The Morgan fingerprint density at radius 1 is 0.820 bits per heavy atom. The maximum Gasteiger partial charge on any atom is 0.374 e. The minimum atomic E-state index is -2.88. The molecule has 2 aromatic rings. The van der Waals surface area contributed by atoms with Crippen LogP contribution in [0.5, 0.6) is 0 Å². The summed E-state index contributed by atoms with van der Waals surface area (Å²) in [6.07, 6.45) is -9.67. The Morgan fingerprint density at radius 2 is 1.44 bits per heavy atom. The molecule has 2 aromatic heterocycles. The van der Waals surface area contributed by atoms with E-state index in [1.165, 1.54) is 44.3 Å². The summed E-state index contributed by atoms with van der Waals surface area (Å²) in [6, 6.07) is 5.53. The third-order valence-electron chi connectivity index (χ3n) is 11.8. The first-order valence-corrected chi connectivity index (χ1v) is 19.4. The van der Waals surface area contributed by atoms with Crippen molar-refractivity contribution in [2.24, 2.45) is 17.3 Å². The van der Waals surface area contributed by atoms with E-state index in [-0.39, 0.29) is 24.1 Å². The molecule has 61 heavy (non-hydrogen) atoms. The Bertz CT molecular complexity index is 2100. The predicted octanol–water partition coefficient (Wildman–Crippen LogP) is 1.75. The number of aliphatic hydroxyl groups is 1. The van der Waals surface area contributed by atoms with Crippen LogP contribution in [0, 0.1) is 17.3 Å². The lowest BCUT2D eigenvalue weighted by Crippen LogP contribution is -2.89. The van der Waals surface area contributed by atoms with E-state index in [0.29, 0.717) is 0 Å². The van der Waals surface area contributed by atoms with Crippen molar-refractivity contribution in [2.45, 2.75) is 122 Å². The molecule has 1 spiro atoms. The molecule has 4 bridgehead atoms. The van der Waals surface area contributed by atoms with E-state index < -0.39 is 137 Å². The van der Waals surface area contributed by atoms with Gasteiger partial charge < -0.3 is 52.2 Å². The number of fused-ring (bicyclic) bond motifs is 5. The predicted molar refractivity (Wildman–Crippen MR) is 197 cm³/mol. The van der Waals surface area contributed by atoms with Gasteiger partial charge in [-0.25, -0.2) is 9.59 Å². The quantitative estimate of drug-likeness (QED) is 0.293. The maximum atomic E-state index is 14.3. The standard InChI is InChI=1S/C41H47NO19/c1-19-13-14-26-25(11-9-15-42-26)36(49)54-17-38(7)28-29(55-21(3)44)33(57-23(5)46)40(18-53-20(2)43)34(58-24(6)47)30(59-37(50)27-12-10-16-52-27)32(60-35(19)48)39(8,51)41(40,61-38)31(28)56-22(4)45/h9-12,15-16,19,28-34,51H,13-14,17-18H2,1-8H3/t19-,28+,29+,30-,31+,32-,33+,34-,38-,39-,40+,41-/m0/s1. The monoisotopic (exact) mass is 857 g/mol. The number of aryl methyl sites for hydroxylation is 1. The molecule has 0 aromatic carbocycles. The smallest absolute Gasteiger partial charge is 0.374 e. The summed E-state index contributed by atoms with van der Waals surface area (Å²) in [6.45, 7) is 7.02. The number of furan rings is 1. The minimum absolute atomic E-state index is 0.0151. The topological polar surface area (TPSA) is 266 Å². The lowest BCUT2D eigenvalue weighted by Gasteiger charge is -2.67. The maximum absolute atomic E-state index is 14.3. The van der Waals surface area contributed by atoms with Crippen LogP contribution in [0.1, 0.15) is 88.4 Å². The van der Waals surface area contributed by atoms with Gasteiger partial charge in [0.2, 0.25) is 5.76 Å². The van der Waals surface area contributed by atoms with Crippen molar-refractivity contribution in [1.82, 2.24) is 4.98 Å². The second-order valence-electron chi connectivity index (χ2n) is 16.0. The van der Waals surface area contributed by atoms with Gasteiger partial charge in [0.15, 0.2) is 30.0 Å². The van der Waals surface area contributed by atoms with Crippen LogP contribution < -0.4 is 0 Å². The average molecular weight is 858 g/mol. The molecular formula is C41H47NO19. The molecule has 0 radical (unpaired) electrons. The number of hydrogen-bond donors (Lipinski definition) is 1. The number of hydrogen-bond acceptors (Lipinski definition) is 20. The molecule has 2 saturated carbocycles. The van der Waals surface area contributed by atoms with Crippen molar-refractivity contribution < 1.29 is 90.5 Å². The highest BCUT2D eigenvalue weighted by molar-refractivity contribution is 5.90. The van der Waals surface area contributed by atoms with E-state index in [2.05, 4.69) is 4.98 Å². The summed E-state index contributed by atoms with van der Waals surface area (Å²) >= 11 is 0. The lowest BCUT2D eigenvalue weighted by atomic mass is 9.45. The van der Waals surface area contributed by atoms with Gasteiger partial charge in [-0.3, -0.25) is 33.8 Å². The molecule has 1 saturated heterocycles. The first kappa shape index (κ1) is 44.7. The van der Waals surface area contributed by atoms with Gasteiger partial charge in [-0.1, -0.05) is 6.92 Å². The second kappa shape index (κ2) is 16.5. The lowest BCUT2D eigenvalue weighted by molar-refractivity contribution is -0.386. The van der Waals surface area contributed by atoms with E-state index in [4.69, 9.17) is 47.0 Å². The highest BCUT2D eigenvalue weighted by Crippen LogP contribution is 2.70. The van der Waals surface area contributed by atoms with Gasteiger partial charge in [0.05, 0.1) is 29.4 Å². The number of ether oxygens (including phenoxy) is 9. The molecule has 2 aliphatic carbocycles. The van der Waals surface area contributed by atoms with Gasteiger partial charge in [0, 0.05) is 40.8 Å². The van der Waals surface area contributed by atoms with Gasteiger partial charge >= 0.3 is 47.8 Å². The Balaban J connectivity index is 1.77. The van der Waals surface area contributed by atoms with Crippen LogP contribution in [0.2, 0.25) is 0 Å². The molecule has 4 heterocycles. The molecule has 12 atom stereocenters. The zero-order valence-electron chi connectivity index (χ0n) is 34.7. The van der Waals surface area contributed by atoms with Crippen molar-refractivity contribution >= 4 is 47.8 Å². The van der Waals surface area contributed by atoms with Gasteiger partial charge in [-0.05, 0) is 51.0 Å². The highest BCUT2D eigenvalue weighted by atomic mass is 16.7. The van der Waals surface area contributed by atoms with Gasteiger partial charge in [-0.2, -0.15) is 0 Å². The summed E-state index contributed by atoms with van der Waals surface area (Å²) in [5.41, 5.74) is -10.2. The van der Waals surface area contributed by atoms with Crippen LogP contribution in [0.4, 0.5) is 0 Å². The average Bonchev–Trinajstić information content (AvgIpc) is 3.79. The van der Waals surface area contributed by atoms with Gasteiger partial charge in [0.25, 0.3) is 0 Å². The van der Waals surface area contributed by atoms with E-state index in [9.17, 15) is 43.5 Å². The first-order valence-electron chi connectivity index (χ1n) is 19.4. The summed E-state index contributed by atoms with van der Waals surface area (Å²) in [7, 11) is 0. The van der Waals surface area contributed by atoms with E-state index in [1.54, 1.807) is 0 Å². The Labute approximate surface area is 348 Å². The van der Waals surface area contributed by atoms with Gasteiger partial charge in [0.1, 0.15) is 42.0 Å². The Morgan fingerprint density at radius 3 is 2.03 bits per heavy atom. The third kappa shape index (κ3) is 7.59. The molecule has 0 unspecified atom stereocenters. The molecule has 20 nitrogen and oxygen atoms in total. The molecule has 6 rings (SSSR count). The van der Waals surface area contributed by atoms with Gasteiger partial charge in [-0.15, -0.1) is 0 Å². The third-order valence-corrected chi connectivity index (χ3v) is 11.8. The van der Waals surface area contributed by atoms with Crippen molar-refractivity contribution in [2.75, 3.05) is 13.2 Å². The molecule has 3 fully saturated rings. The van der Waals surface area contributed by atoms with E-state index >= 15 is 0 Å². The van der Waals surface area contributed by atoms with E-state index in [0.717, 1.165) is 47.8 Å². The number of nitrogens with zero attached hydrogens (tertiary/aromatic N) is 1. The van der Waals surface area contributed by atoms with Crippen molar-refractivity contribution in [3.05, 3.63) is 53.7 Å². The first-order chi connectivity index (χ1) is 28.6. The number of carbonyl (C=O) groups is 8. The molecule has 4 aliphatic rings. The number of rotatable bonds is 8. The normalized spacial score (nSPS) is 35.4. The Hall–Kier alpha value is -5.89. The fourth-order valence-corrected chi connectivity index (χ4v) is 9.54. The molecule has 330 valence electrons. The van der Waals surface area contributed by atoms with E-state index in [1.807, 2.05) is 0 Å². The van der Waals surface area contributed by atoms with Crippen molar-refractivity contribution in [3.8, 4) is 0 Å². The Kier molecular flexibility index (Phi) is 12.1. The number of cyclic esters (lactones) is 1. The summed E-state index contributed by atoms with van der Waals surface area (Å²) in [5.74, 6) is -11.3. The summed E-state index contributed by atoms with van der Waals surface area (Å²) in [4.78, 5) is 113. The number of carbonyl (C=O) groups excluding carboxylic acids is 8. The molecule has 2 aliphatic heterocycles. The summed E-state index contributed by atoms with van der Waals surface area (Å²) in [5, 5.41) is 13.6. The zero-order chi connectivity index (χ0) is 44.8. The minimum Gasteiger partial charge on any atom is -0.465 e. The van der Waals surface area contributed by atoms with Crippen LogP contribution in [0.25, 0.3) is 0 Å². The highest BCUT2D eigenvalue weighted by Gasteiger charge is 2.92. The molecule has 20 heteroatoms. The molecule has 1 N–H and O–H groups in total. The van der Waals surface area contributed by atoms with Crippen LogP contribution in [0.3, 0.4) is 0 Å². The van der Waals surface area contributed by atoms with Crippen LogP contribution in [0.15, 0.2) is 41.1 Å². The second-order valence-corrected chi connectivity index (χ2v) is 16.0. The molecular weight excluding hydrogens is 810 g/mol. The van der Waals surface area contributed by atoms with Crippen LogP contribution in [-0.4, -0.2) is 124 Å². The number of pyridine rings is 1. The fraction of sp³-hybridized carbons (Fsp3) is 0.585. The SMILES string of the molecule is CC(=O)OC[C@]12[C@H](OC(C)=O)[C@H](OC(C)=O)[C@@H]3[C@@H](OC(C)=O)[C@@]14O[C@@]3(C)COC(=O)c1cccnc1CC[C@H](C)C(=O)O[C@@H]([C@H](OC(=O)c1ccco1)[C@@H]2OC(C)=O)[C@]4(C)O. The fourth-order valence-electron chi connectivity index (χ4n) is 9.54.